The molecule has 0 spiro atoms. The van der Waals surface area contributed by atoms with Crippen LogP contribution in [-0.4, -0.2) is 10.2 Å². The predicted molar refractivity (Wildman–Crippen MR) is 46.9 cm³/mol. The SMILES string of the molecule is CCC(N)c1cc(O)c(F)cc1O. The number of halogens is 1. The fourth-order valence-electron chi connectivity index (χ4n) is 1.08. The molecule has 1 rings (SSSR count). The van der Waals surface area contributed by atoms with Gasteiger partial charge in [-0.2, -0.15) is 0 Å². The predicted octanol–water partition coefficient (Wildman–Crippen LogP) is 1.65. The van der Waals surface area contributed by atoms with Crippen molar-refractivity contribution >= 4 is 0 Å². The third kappa shape index (κ3) is 1.89. The maximum absolute atomic E-state index is 12.7. The Morgan fingerprint density at radius 2 is 2.00 bits per heavy atom. The molecular formula is C9H12FNO2. The zero-order chi connectivity index (χ0) is 10.0. The van der Waals surface area contributed by atoms with E-state index in [0.29, 0.717) is 12.0 Å². The van der Waals surface area contributed by atoms with E-state index in [4.69, 9.17) is 10.8 Å². The molecule has 0 aliphatic carbocycles. The number of phenols is 2. The summed E-state index contributed by atoms with van der Waals surface area (Å²) >= 11 is 0. The van der Waals surface area contributed by atoms with Crippen LogP contribution < -0.4 is 5.73 Å². The van der Waals surface area contributed by atoms with Gasteiger partial charge in [0.25, 0.3) is 0 Å². The topological polar surface area (TPSA) is 66.5 Å². The summed E-state index contributed by atoms with van der Waals surface area (Å²) < 4.78 is 12.7. The molecule has 0 aliphatic heterocycles. The highest BCUT2D eigenvalue weighted by molar-refractivity contribution is 5.41. The van der Waals surface area contributed by atoms with Crippen molar-refractivity contribution in [1.82, 2.24) is 0 Å². The van der Waals surface area contributed by atoms with Gasteiger partial charge in [0.15, 0.2) is 11.6 Å². The Morgan fingerprint density at radius 3 is 2.54 bits per heavy atom. The minimum Gasteiger partial charge on any atom is -0.507 e. The van der Waals surface area contributed by atoms with Crippen LogP contribution in [0.1, 0.15) is 24.9 Å². The Kier molecular flexibility index (Phi) is 2.72. The quantitative estimate of drug-likeness (QED) is 0.614. The number of aromatic hydroxyl groups is 2. The molecule has 0 saturated heterocycles. The molecule has 3 nitrogen and oxygen atoms in total. The van der Waals surface area contributed by atoms with Crippen molar-refractivity contribution in [3.05, 3.63) is 23.5 Å². The summed E-state index contributed by atoms with van der Waals surface area (Å²) in [6.07, 6.45) is 0.610. The lowest BCUT2D eigenvalue weighted by molar-refractivity contribution is 0.414. The number of benzene rings is 1. The average molecular weight is 185 g/mol. The highest BCUT2D eigenvalue weighted by Gasteiger charge is 2.12. The van der Waals surface area contributed by atoms with Crippen LogP contribution in [0, 0.1) is 5.82 Å². The second-order valence-electron chi connectivity index (χ2n) is 2.88. The number of rotatable bonds is 2. The highest BCUT2D eigenvalue weighted by atomic mass is 19.1. The summed E-state index contributed by atoms with van der Waals surface area (Å²) in [4.78, 5) is 0. The molecule has 0 heterocycles. The maximum atomic E-state index is 12.7. The van der Waals surface area contributed by atoms with Gasteiger partial charge in [-0.15, -0.1) is 0 Å². The van der Waals surface area contributed by atoms with E-state index in [1.54, 1.807) is 0 Å². The van der Waals surface area contributed by atoms with Crippen molar-refractivity contribution in [2.45, 2.75) is 19.4 Å². The van der Waals surface area contributed by atoms with Gasteiger partial charge in [0.1, 0.15) is 5.75 Å². The fraction of sp³-hybridized carbons (Fsp3) is 0.333. The molecule has 0 saturated carbocycles. The van der Waals surface area contributed by atoms with Gasteiger partial charge >= 0.3 is 0 Å². The molecule has 0 radical (unpaired) electrons. The third-order valence-electron chi connectivity index (χ3n) is 1.94. The molecule has 0 fully saturated rings. The lowest BCUT2D eigenvalue weighted by atomic mass is 10.0. The van der Waals surface area contributed by atoms with E-state index < -0.39 is 11.6 Å². The summed E-state index contributed by atoms with van der Waals surface area (Å²) in [6, 6.07) is 1.63. The normalized spacial score (nSPS) is 12.8. The molecule has 0 bridgehead atoms. The van der Waals surface area contributed by atoms with E-state index >= 15 is 0 Å². The van der Waals surface area contributed by atoms with E-state index in [9.17, 15) is 9.50 Å². The van der Waals surface area contributed by atoms with Crippen molar-refractivity contribution in [1.29, 1.82) is 0 Å². The Balaban J connectivity index is 3.15. The van der Waals surface area contributed by atoms with E-state index in [2.05, 4.69) is 0 Å². The zero-order valence-electron chi connectivity index (χ0n) is 7.29. The van der Waals surface area contributed by atoms with Crippen molar-refractivity contribution in [3.63, 3.8) is 0 Å². The van der Waals surface area contributed by atoms with Crippen LogP contribution in [0.3, 0.4) is 0 Å². The van der Waals surface area contributed by atoms with Crippen molar-refractivity contribution in [2.24, 2.45) is 5.73 Å². The molecule has 1 aromatic rings. The number of hydrogen-bond donors (Lipinski definition) is 3. The van der Waals surface area contributed by atoms with Gasteiger partial charge in [-0.1, -0.05) is 6.92 Å². The van der Waals surface area contributed by atoms with Crippen LogP contribution in [0.15, 0.2) is 12.1 Å². The summed E-state index contributed by atoms with van der Waals surface area (Å²) in [7, 11) is 0. The molecule has 72 valence electrons. The highest BCUT2D eigenvalue weighted by Crippen LogP contribution is 2.30. The molecular weight excluding hydrogens is 173 g/mol. The molecule has 1 atom stereocenters. The van der Waals surface area contributed by atoms with Crippen molar-refractivity contribution < 1.29 is 14.6 Å². The first-order valence-corrected chi connectivity index (χ1v) is 4.03. The smallest absolute Gasteiger partial charge is 0.168 e. The van der Waals surface area contributed by atoms with Gasteiger partial charge in [-0.05, 0) is 12.5 Å². The maximum Gasteiger partial charge on any atom is 0.168 e. The first-order valence-electron chi connectivity index (χ1n) is 4.03. The summed E-state index contributed by atoms with van der Waals surface area (Å²) in [5, 5.41) is 18.3. The second-order valence-corrected chi connectivity index (χ2v) is 2.88. The molecule has 4 heteroatoms. The first-order chi connectivity index (χ1) is 6.06. The van der Waals surface area contributed by atoms with Crippen LogP contribution in [0.25, 0.3) is 0 Å². The van der Waals surface area contributed by atoms with Crippen molar-refractivity contribution in [3.8, 4) is 11.5 Å². The molecule has 0 amide bonds. The van der Waals surface area contributed by atoms with Crippen molar-refractivity contribution in [2.75, 3.05) is 0 Å². The zero-order valence-corrected chi connectivity index (χ0v) is 7.29. The molecule has 1 unspecified atom stereocenters. The Labute approximate surface area is 75.6 Å². The summed E-state index contributed by atoms with van der Waals surface area (Å²) in [6.45, 7) is 1.84. The number of hydrogen-bond acceptors (Lipinski definition) is 3. The van der Waals surface area contributed by atoms with Crippen LogP contribution >= 0.6 is 0 Å². The monoisotopic (exact) mass is 185 g/mol. The average Bonchev–Trinajstić information content (AvgIpc) is 2.10. The molecule has 0 aromatic heterocycles. The lowest BCUT2D eigenvalue weighted by Crippen LogP contribution is -2.08. The summed E-state index contributed by atoms with van der Waals surface area (Å²) in [5.74, 6) is -1.55. The number of nitrogens with two attached hydrogens (primary N) is 1. The lowest BCUT2D eigenvalue weighted by Gasteiger charge is -2.11. The van der Waals surface area contributed by atoms with E-state index in [1.165, 1.54) is 0 Å². The van der Waals surface area contributed by atoms with Gasteiger partial charge in [-0.3, -0.25) is 0 Å². The van der Waals surface area contributed by atoms with Crippen LogP contribution in [0.4, 0.5) is 4.39 Å². The molecule has 1 aromatic carbocycles. The Morgan fingerprint density at radius 1 is 1.38 bits per heavy atom. The minimum atomic E-state index is -0.843. The minimum absolute atomic E-state index is 0.218. The van der Waals surface area contributed by atoms with Gasteiger partial charge in [0.2, 0.25) is 0 Å². The fourth-order valence-corrected chi connectivity index (χ4v) is 1.08. The standard InChI is InChI=1S/C9H12FNO2/c1-2-7(11)5-3-9(13)6(10)4-8(5)12/h3-4,7,12-13H,2,11H2,1H3. The molecule has 4 N–H and O–H groups in total. The van der Waals surface area contributed by atoms with Gasteiger partial charge in [-0.25, -0.2) is 4.39 Å². The van der Waals surface area contributed by atoms with E-state index in [1.807, 2.05) is 6.92 Å². The van der Waals surface area contributed by atoms with Crippen LogP contribution in [-0.2, 0) is 0 Å². The second kappa shape index (κ2) is 3.62. The first kappa shape index (κ1) is 9.80. The van der Waals surface area contributed by atoms with Gasteiger partial charge < -0.3 is 15.9 Å². The summed E-state index contributed by atoms with van der Waals surface area (Å²) in [5.41, 5.74) is 5.98. The van der Waals surface area contributed by atoms with Crippen LogP contribution in [0.5, 0.6) is 11.5 Å². The van der Waals surface area contributed by atoms with Gasteiger partial charge in [0.05, 0.1) is 0 Å². The largest absolute Gasteiger partial charge is 0.507 e. The molecule has 0 aliphatic rings. The molecule has 13 heavy (non-hydrogen) atoms. The Hall–Kier alpha value is -1.29. The van der Waals surface area contributed by atoms with E-state index in [0.717, 1.165) is 12.1 Å². The Bertz CT molecular complexity index is 315. The third-order valence-corrected chi connectivity index (χ3v) is 1.94. The van der Waals surface area contributed by atoms with Crippen LogP contribution in [0.2, 0.25) is 0 Å². The van der Waals surface area contributed by atoms with Gasteiger partial charge in [0, 0.05) is 17.7 Å². The van der Waals surface area contributed by atoms with E-state index in [-0.39, 0.29) is 11.8 Å². The number of phenolic OH excluding ortho intramolecular Hbond substituents is 2.